The van der Waals surface area contributed by atoms with Gasteiger partial charge in [-0.1, -0.05) is 63.2 Å². The van der Waals surface area contributed by atoms with Crippen LogP contribution in [0, 0.1) is 33.1 Å². The number of hydrogen-bond acceptors (Lipinski definition) is 14. The predicted octanol–water partition coefficient (Wildman–Crippen LogP) is 8.17. The van der Waals surface area contributed by atoms with Crippen LogP contribution in [0.3, 0.4) is 0 Å². The van der Waals surface area contributed by atoms with Crippen LogP contribution in [0.4, 0.5) is 5.69 Å². The SMILES string of the molecule is COC(=O)C[C@@H]1N=C(c2ccc(N3CCC(Oc4cccc(C(=O)NC(C(=O)N5C[C@H](O)C[C@H]5C(=O)N[C@@H](C)c5ccc(-c6scnc6C)cc5)C(C)(C)C)c4)CC3)cc2)c2c(sc(C)c2C)-n2c(C)nnc21. The average Bonchev–Trinajstić information content (AvgIpc) is 4.15. The van der Waals surface area contributed by atoms with E-state index >= 15 is 0 Å². The number of aliphatic imine (C=N–C) groups is 1. The Bertz CT molecular complexity index is 3060. The van der Waals surface area contributed by atoms with Crippen molar-refractivity contribution in [3.05, 3.63) is 128 Å². The normalized spacial score (nSPS) is 18.8. The van der Waals surface area contributed by atoms with Gasteiger partial charge in [-0.3, -0.25) is 28.7 Å². The Morgan fingerprint density at radius 2 is 1.63 bits per heavy atom. The van der Waals surface area contributed by atoms with Crippen molar-refractivity contribution in [3.8, 4) is 21.2 Å². The van der Waals surface area contributed by atoms with Gasteiger partial charge < -0.3 is 35.0 Å². The summed E-state index contributed by atoms with van der Waals surface area (Å²) in [4.78, 5) is 70.4. The van der Waals surface area contributed by atoms with E-state index in [1.54, 1.807) is 40.9 Å². The van der Waals surface area contributed by atoms with Crippen LogP contribution in [0.5, 0.6) is 5.75 Å². The fraction of sp³-hybridized carbons (Fsp3) is 0.418. The van der Waals surface area contributed by atoms with Crippen LogP contribution < -0.4 is 20.3 Å². The third kappa shape index (κ3) is 10.7. The van der Waals surface area contributed by atoms with Crippen LogP contribution in [0.15, 0.2) is 83.3 Å². The van der Waals surface area contributed by atoms with E-state index < -0.39 is 41.5 Å². The van der Waals surface area contributed by atoms with Crippen molar-refractivity contribution >= 4 is 57.8 Å². The van der Waals surface area contributed by atoms with Crippen LogP contribution in [-0.4, -0.2) is 110 Å². The highest BCUT2D eigenvalue weighted by molar-refractivity contribution is 7.15. The van der Waals surface area contributed by atoms with E-state index in [0.717, 1.165) is 86.5 Å². The molecule has 9 rings (SSSR count). The van der Waals surface area contributed by atoms with Gasteiger partial charge in [0.05, 0.1) is 47.5 Å². The Balaban J connectivity index is 0.821. The first-order valence-corrected chi connectivity index (χ1v) is 26.5. The van der Waals surface area contributed by atoms with Crippen molar-refractivity contribution in [1.82, 2.24) is 35.3 Å². The number of aryl methyl sites for hydroxylation is 3. The predicted molar refractivity (Wildman–Crippen MR) is 283 cm³/mol. The number of ether oxygens (including phenoxy) is 2. The third-order valence-electron chi connectivity index (χ3n) is 14.2. The minimum absolute atomic E-state index is 0.0261. The van der Waals surface area contributed by atoms with E-state index in [4.69, 9.17) is 14.5 Å². The monoisotopic (exact) mass is 1030 g/mol. The molecule has 5 atom stereocenters. The maximum Gasteiger partial charge on any atom is 0.308 e. The molecule has 3 aromatic heterocycles. The number of likely N-dealkylation sites (tertiary alicyclic amines) is 1. The van der Waals surface area contributed by atoms with Gasteiger partial charge in [0.15, 0.2) is 5.82 Å². The Hall–Kier alpha value is -6.76. The summed E-state index contributed by atoms with van der Waals surface area (Å²) in [6, 6.07) is 20.5. The van der Waals surface area contributed by atoms with Crippen molar-refractivity contribution < 1.29 is 33.8 Å². The smallest absolute Gasteiger partial charge is 0.308 e. The Kier molecular flexibility index (Phi) is 14.7. The molecule has 0 saturated carbocycles. The summed E-state index contributed by atoms with van der Waals surface area (Å²) in [7, 11) is 1.38. The molecule has 3 N–H and O–H groups in total. The van der Waals surface area contributed by atoms with Gasteiger partial charge in [-0.15, -0.1) is 32.9 Å². The summed E-state index contributed by atoms with van der Waals surface area (Å²) in [5.74, 6) is 0.270. The lowest BCUT2D eigenvalue weighted by molar-refractivity contribution is -0.142. The van der Waals surface area contributed by atoms with Gasteiger partial charge in [-0.25, -0.2) is 4.98 Å². The van der Waals surface area contributed by atoms with Gasteiger partial charge in [-0.2, -0.15) is 0 Å². The molecule has 16 nitrogen and oxygen atoms in total. The molecule has 18 heteroatoms. The summed E-state index contributed by atoms with van der Waals surface area (Å²) in [5, 5.41) is 26.7. The van der Waals surface area contributed by atoms with Crippen molar-refractivity contribution in [3.63, 3.8) is 0 Å². The first-order chi connectivity index (χ1) is 34.9. The molecule has 3 amide bonds. The van der Waals surface area contributed by atoms with E-state index in [1.165, 1.54) is 16.9 Å². The number of thiophene rings is 1. The second-order valence-electron chi connectivity index (χ2n) is 20.3. The number of thiazole rings is 1. The van der Waals surface area contributed by atoms with Crippen LogP contribution in [0.25, 0.3) is 15.4 Å². The largest absolute Gasteiger partial charge is 0.490 e. The number of benzene rings is 3. The van der Waals surface area contributed by atoms with Crippen molar-refractivity contribution in [1.29, 1.82) is 0 Å². The number of piperidine rings is 1. The molecule has 6 aromatic rings. The number of carbonyl (C=O) groups is 4. The van der Waals surface area contributed by atoms with E-state index in [9.17, 15) is 24.3 Å². The Morgan fingerprint density at radius 1 is 0.918 bits per heavy atom. The van der Waals surface area contributed by atoms with Crippen LogP contribution in [-0.2, 0) is 19.1 Å². The van der Waals surface area contributed by atoms with Crippen LogP contribution in [0.2, 0.25) is 0 Å². The van der Waals surface area contributed by atoms with E-state index in [1.807, 2.05) is 82.0 Å². The number of nitrogens with zero attached hydrogens (tertiary/aromatic N) is 7. The lowest BCUT2D eigenvalue weighted by Crippen LogP contribution is -2.57. The van der Waals surface area contributed by atoms with E-state index in [0.29, 0.717) is 17.1 Å². The molecule has 2 saturated heterocycles. The molecule has 2 fully saturated rings. The summed E-state index contributed by atoms with van der Waals surface area (Å²) in [5.41, 5.74) is 9.29. The van der Waals surface area contributed by atoms with Gasteiger partial charge >= 0.3 is 5.97 Å². The molecule has 0 radical (unpaired) electrons. The number of amides is 3. The van der Waals surface area contributed by atoms with E-state index in [2.05, 4.69) is 68.8 Å². The number of β-amino-alcohol motifs (C(OH)–C–C–N with tert-alkyl or cyclic N) is 1. The number of nitrogens with one attached hydrogen (secondary N) is 2. The zero-order valence-corrected chi connectivity index (χ0v) is 44.4. The summed E-state index contributed by atoms with van der Waals surface area (Å²) < 4.78 is 13.6. The van der Waals surface area contributed by atoms with Gasteiger partial charge in [-0.05, 0) is 87.1 Å². The lowest BCUT2D eigenvalue weighted by Gasteiger charge is -2.35. The first kappa shape index (κ1) is 51.2. The Labute approximate surface area is 433 Å². The fourth-order valence-electron chi connectivity index (χ4n) is 9.96. The standard InChI is InChI=1S/C55H63N9O7S2/c1-30-33(4)73-54-46(30)47(58-43(27-45(66)70-9)50-61-60-34(5)64(50)54)36-17-19-39(20-18-36)62-23-21-41(22-24-62)71-42-12-10-11-38(25-42)51(67)59-49(55(6,7)8)53(69)63-28-40(65)26-44(63)52(68)57-31(2)35-13-15-37(16-14-35)48-32(3)56-29-72-48/h10-20,25,29,31,40-41,43-44,49,65H,21-24,26-28H2,1-9H3,(H,57,68)(H,59,67)/t31-,40+,43-,44-,49?/m0/s1. The van der Waals surface area contributed by atoms with Gasteiger partial charge in [0.1, 0.15) is 40.8 Å². The molecular formula is C55H63N9O7S2. The lowest BCUT2D eigenvalue weighted by atomic mass is 9.85. The molecule has 6 heterocycles. The van der Waals surface area contributed by atoms with E-state index in [-0.39, 0.29) is 43.4 Å². The maximum atomic E-state index is 14.4. The minimum atomic E-state index is -0.999. The topological polar surface area (TPSA) is 193 Å². The number of esters is 1. The zero-order chi connectivity index (χ0) is 51.9. The zero-order valence-electron chi connectivity index (χ0n) is 42.8. The molecule has 0 aliphatic carbocycles. The fourth-order valence-corrected chi connectivity index (χ4v) is 12.0. The molecule has 0 bridgehead atoms. The highest BCUT2D eigenvalue weighted by Gasteiger charge is 2.45. The van der Waals surface area contributed by atoms with Gasteiger partial charge in [0, 0.05) is 66.2 Å². The summed E-state index contributed by atoms with van der Waals surface area (Å²) in [6.07, 6.45) is 0.657. The number of hydrogen-bond donors (Lipinski definition) is 3. The molecule has 0 spiro atoms. The number of carbonyl (C=O) groups excluding carboxylic acids is 4. The highest BCUT2D eigenvalue weighted by atomic mass is 32.1. The number of anilines is 1. The van der Waals surface area contributed by atoms with Crippen molar-refractivity contribution in [2.24, 2.45) is 10.4 Å². The van der Waals surface area contributed by atoms with Crippen molar-refractivity contribution in [2.45, 2.75) is 117 Å². The van der Waals surface area contributed by atoms with Crippen LogP contribution in [0.1, 0.15) is 120 Å². The quantitative estimate of drug-likeness (QED) is 0.0945. The number of fused-ring (bicyclic) bond motifs is 3. The number of aliphatic hydroxyl groups is 1. The minimum Gasteiger partial charge on any atom is -0.490 e. The maximum absolute atomic E-state index is 14.4. The molecule has 3 aromatic carbocycles. The molecule has 73 heavy (non-hydrogen) atoms. The number of methoxy groups -OCH3 is 1. The third-order valence-corrected chi connectivity index (χ3v) is 16.4. The summed E-state index contributed by atoms with van der Waals surface area (Å²) >= 11 is 3.24. The molecular weight excluding hydrogens is 963 g/mol. The number of aliphatic hydroxyl groups excluding tert-OH is 1. The Morgan fingerprint density at radius 3 is 2.30 bits per heavy atom. The van der Waals surface area contributed by atoms with Gasteiger partial charge in [0.2, 0.25) is 11.8 Å². The number of rotatable bonds is 13. The molecule has 3 aliphatic heterocycles. The number of aromatic nitrogens is 4. The van der Waals surface area contributed by atoms with Gasteiger partial charge in [0.25, 0.3) is 5.91 Å². The first-order valence-electron chi connectivity index (χ1n) is 24.8. The van der Waals surface area contributed by atoms with Crippen molar-refractivity contribution in [2.75, 3.05) is 31.6 Å². The second kappa shape index (κ2) is 21.0. The highest BCUT2D eigenvalue weighted by Crippen LogP contribution is 2.40. The average molecular weight is 1030 g/mol. The molecule has 382 valence electrons. The van der Waals surface area contributed by atoms with Crippen LogP contribution >= 0.6 is 22.7 Å². The summed E-state index contributed by atoms with van der Waals surface area (Å²) in [6.45, 7) is 17.1. The molecule has 1 unspecified atom stereocenters. The molecule has 3 aliphatic rings. The second-order valence-corrected chi connectivity index (χ2v) is 22.4.